The van der Waals surface area contributed by atoms with Crippen molar-refractivity contribution in [2.24, 2.45) is 17.8 Å². The lowest BCUT2D eigenvalue weighted by atomic mass is 9.68. The standard InChI is InChI=1S/C27H43Br/c1-2-3-4-5-6-7-8-9-22-10-12-23(13-11-22)24-14-16-25(17-15-24)26-18-20-27(28)21-19-26/h18-25H,2-17H2,1H3/t22-,23-,24-,25-. The summed E-state index contributed by atoms with van der Waals surface area (Å²) in [7, 11) is 0. The highest BCUT2D eigenvalue weighted by Gasteiger charge is 2.31. The average Bonchev–Trinajstić information content (AvgIpc) is 2.74. The second-order valence-corrected chi connectivity index (χ2v) is 10.8. The summed E-state index contributed by atoms with van der Waals surface area (Å²) in [4.78, 5) is 0. The lowest BCUT2D eigenvalue weighted by molar-refractivity contribution is 0.155. The Labute approximate surface area is 183 Å². The topological polar surface area (TPSA) is 0 Å². The van der Waals surface area contributed by atoms with Crippen molar-refractivity contribution in [3.63, 3.8) is 0 Å². The molecular weight excluding hydrogens is 404 g/mol. The van der Waals surface area contributed by atoms with Crippen LogP contribution in [0.3, 0.4) is 0 Å². The molecule has 1 aromatic carbocycles. The molecule has 0 spiro atoms. The summed E-state index contributed by atoms with van der Waals surface area (Å²) >= 11 is 3.57. The van der Waals surface area contributed by atoms with Crippen LogP contribution in [0.1, 0.15) is 121 Å². The number of hydrogen-bond donors (Lipinski definition) is 0. The number of benzene rings is 1. The molecule has 0 aliphatic heterocycles. The molecule has 2 aliphatic rings. The Hall–Kier alpha value is -0.300. The maximum Gasteiger partial charge on any atom is 0.0175 e. The predicted molar refractivity (Wildman–Crippen MR) is 127 cm³/mol. The van der Waals surface area contributed by atoms with Crippen molar-refractivity contribution >= 4 is 15.9 Å². The molecule has 0 bridgehead atoms. The molecule has 1 heteroatoms. The van der Waals surface area contributed by atoms with Crippen LogP contribution < -0.4 is 0 Å². The molecule has 3 rings (SSSR count). The third-order valence-corrected chi connectivity index (χ3v) is 8.42. The Bertz CT molecular complexity index is 518. The molecule has 0 atom stereocenters. The van der Waals surface area contributed by atoms with Crippen LogP contribution in [0.4, 0.5) is 0 Å². The molecule has 0 N–H and O–H groups in total. The molecule has 0 nitrogen and oxygen atoms in total. The van der Waals surface area contributed by atoms with Crippen LogP contribution in [0.25, 0.3) is 0 Å². The first-order valence-corrected chi connectivity index (χ1v) is 13.3. The lowest BCUT2D eigenvalue weighted by Gasteiger charge is -2.38. The Balaban J connectivity index is 1.28. The minimum atomic E-state index is 0.818. The smallest absolute Gasteiger partial charge is 0.0175 e. The van der Waals surface area contributed by atoms with Crippen molar-refractivity contribution in [2.45, 2.75) is 116 Å². The first-order valence-electron chi connectivity index (χ1n) is 12.5. The van der Waals surface area contributed by atoms with Gasteiger partial charge in [0.1, 0.15) is 0 Å². The van der Waals surface area contributed by atoms with E-state index in [4.69, 9.17) is 0 Å². The molecule has 2 saturated carbocycles. The fourth-order valence-electron chi connectivity index (χ4n) is 6.00. The fourth-order valence-corrected chi connectivity index (χ4v) is 6.26. The van der Waals surface area contributed by atoms with Crippen LogP contribution >= 0.6 is 15.9 Å². The second kappa shape index (κ2) is 12.4. The minimum absolute atomic E-state index is 0.818. The maximum absolute atomic E-state index is 3.57. The summed E-state index contributed by atoms with van der Waals surface area (Å²) in [6.45, 7) is 2.31. The van der Waals surface area contributed by atoms with Crippen molar-refractivity contribution < 1.29 is 0 Å². The Morgan fingerprint density at radius 2 is 1.21 bits per heavy atom. The molecule has 1 aromatic rings. The van der Waals surface area contributed by atoms with Crippen molar-refractivity contribution in [3.05, 3.63) is 34.3 Å². The third kappa shape index (κ3) is 7.19. The molecule has 0 amide bonds. The number of rotatable bonds is 10. The van der Waals surface area contributed by atoms with Crippen LogP contribution in [-0.2, 0) is 0 Å². The van der Waals surface area contributed by atoms with E-state index in [1.54, 1.807) is 5.56 Å². The minimum Gasteiger partial charge on any atom is -0.0654 e. The van der Waals surface area contributed by atoms with Crippen LogP contribution in [0, 0.1) is 17.8 Å². The van der Waals surface area contributed by atoms with Gasteiger partial charge in [-0.15, -0.1) is 0 Å². The highest BCUT2D eigenvalue weighted by molar-refractivity contribution is 9.10. The quantitative estimate of drug-likeness (QED) is 0.313. The predicted octanol–water partition coefficient (Wildman–Crippen LogP) is 9.67. The van der Waals surface area contributed by atoms with Crippen molar-refractivity contribution in [3.8, 4) is 0 Å². The molecule has 0 aromatic heterocycles. The number of hydrogen-bond acceptors (Lipinski definition) is 0. The first-order chi connectivity index (χ1) is 13.8. The number of unbranched alkanes of at least 4 members (excludes halogenated alkanes) is 6. The van der Waals surface area contributed by atoms with Gasteiger partial charge in [0.05, 0.1) is 0 Å². The summed E-state index contributed by atoms with van der Waals surface area (Å²) < 4.78 is 1.21. The summed E-state index contributed by atoms with van der Waals surface area (Å²) in [5.41, 5.74) is 1.57. The second-order valence-electron chi connectivity index (χ2n) is 9.85. The van der Waals surface area contributed by atoms with Crippen molar-refractivity contribution in [1.29, 1.82) is 0 Å². The fraction of sp³-hybridized carbons (Fsp3) is 0.778. The van der Waals surface area contributed by atoms with Crippen LogP contribution in [0.15, 0.2) is 28.7 Å². The van der Waals surface area contributed by atoms with Gasteiger partial charge in [-0.05, 0) is 79.9 Å². The van der Waals surface area contributed by atoms with E-state index in [1.807, 2.05) is 0 Å². The zero-order valence-electron chi connectivity index (χ0n) is 18.3. The van der Waals surface area contributed by atoms with E-state index in [1.165, 1.54) is 107 Å². The van der Waals surface area contributed by atoms with E-state index in [2.05, 4.69) is 47.1 Å². The Kier molecular flexibility index (Phi) is 9.92. The van der Waals surface area contributed by atoms with Crippen molar-refractivity contribution in [2.75, 3.05) is 0 Å². The largest absolute Gasteiger partial charge is 0.0654 e. The van der Waals surface area contributed by atoms with Gasteiger partial charge < -0.3 is 0 Å². The van der Waals surface area contributed by atoms with Crippen LogP contribution in [0.5, 0.6) is 0 Å². The molecule has 2 fully saturated rings. The lowest BCUT2D eigenvalue weighted by Crippen LogP contribution is -2.25. The van der Waals surface area contributed by atoms with Crippen molar-refractivity contribution in [1.82, 2.24) is 0 Å². The first kappa shape index (κ1) is 22.4. The van der Waals surface area contributed by atoms with Crippen LogP contribution in [-0.4, -0.2) is 0 Å². The summed E-state index contributed by atoms with van der Waals surface area (Å²) in [6, 6.07) is 9.11. The van der Waals surface area contributed by atoms with Crippen LogP contribution in [0.2, 0.25) is 0 Å². The molecule has 0 saturated heterocycles. The Morgan fingerprint density at radius 3 is 1.82 bits per heavy atom. The van der Waals surface area contributed by atoms with E-state index < -0.39 is 0 Å². The molecule has 158 valence electrons. The molecule has 0 unspecified atom stereocenters. The van der Waals surface area contributed by atoms with Gasteiger partial charge in [-0.1, -0.05) is 99.2 Å². The number of halogens is 1. The van der Waals surface area contributed by atoms with Gasteiger partial charge in [-0.3, -0.25) is 0 Å². The molecule has 0 radical (unpaired) electrons. The summed E-state index contributed by atoms with van der Waals surface area (Å²) in [5.74, 6) is 3.96. The molecule has 28 heavy (non-hydrogen) atoms. The third-order valence-electron chi connectivity index (χ3n) is 7.89. The van der Waals surface area contributed by atoms with Gasteiger partial charge in [0.15, 0.2) is 0 Å². The van der Waals surface area contributed by atoms with Gasteiger partial charge in [-0.2, -0.15) is 0 Å². The monoisotopic (exact) mass is 446 g/mol. The average molecular weight is 448 g/mol. The highest BCUT2D eigenvalue weighted by atomic mass is 79.9. The van der Waals surface area contributed by atoms with Gasteiger partial charge in [0, 0.05) is 4.47 Å². The molecule has 0 heterocycles. The summed E-state index contributed by atoms with van der Waals surface area (Å²) in [6.07, 6.45) is 23.7. The summed E-state index contributed by atoms with van der Waals surface area (Å²) in [5, 5.41) is 0. The zero-order chi connectivity index (χ0) is 19.6. The SMILES string of the molecule is CCCCCCCCC[C@H]1CC[C@H]([C@H]2CC[C@H](c3ccc(Br)cc3)CC2)CC1. The normalized spacial score (nSPS) is 28.4. The highest BCUT2D eigenvalue weighted by Crippen LogP contribution is 2.44. The van der Waals surface area contributed by atoms with E-state index in [-0.39, 0.29) is 0 Å². The van der Waals surface area contributed by atoms with Gasteiger partial charge in [-0.25, -0.2) is 0 Å². The van der Waals surface area contributed by atoms with Gasteiger partial charge >= 0.3 is 0 Å². The van der Waals surface area contributed by atoms with E-state index in [0.29, 0.717) is 0 Å². The zero-order valence-corrected chi connectivity index (χ0v) is 19.9. The molecular formula is C27H43Br. The molecule has 2 aliphatic carbocycles. The Morgan fingerprint density at radius 1 is 0.679 bits per heavy atom. The van der Waals surface area contributed by atoms with E-state index in [0.717, 1.165) is 23.7 Å². The van der Waals surface area contributed by atoms with Gasteiger partial charge in [0.25, 0.3) is 0 Å². The van der Waals surface area contributed by atoms with Gasteiger partial charge in [0.2, 0.25) is 0 Å². The van der Waals surface area contributed by atoms with E-state index in [9.17, 15) is 0 Å². The maximum atomic E-state index is 3.57. The van der Waals surface area contributed by atoms with E-state index >= 15 is 0 Å².